The van der Waals surface area contributed by atoms with Crippen LogP contribution in [0.5, 0.6) is 0 Å². The molecule has 0 spiro atoms. The molecule has 88 valence electrons. The summed E-state index contributed by atoms with van der Waals surface area (Å²) in [4.78, 5) is 4.39. The molecule has 0 radical (unpaired) electrons. The van der Waals surface area contributed by atoms with Gasteiger partial charge in [-0.3, -0.25) is 4.98 Å². The summed E-state index contributed by atoms with van der Waals surface area (Å²) in [6, 6.07) is 8.14. The number of pyridine rings is 1. The second-order valence-corrected chi connectivity index (χ2v) is 4.38. The van der Waals surface area contributed by atoms with Crippen LogP contribution in [0.2, 0.25) is 5.02 Å². The highest BCUT2D eigenvalue weighted by Gasteiger charge is 2.03. The minimum absolute atomic E-state index is 0.337. The summed E-state index contributed by atoms with van der Waals surface area (Å²) in [6.07, 6.45) is 5.97. The van der Waals surface area contributed by atoms with Crippen molar-refractivity contribution in [2.75, 3.05) is 7.05 Å². The predicted octanol–water partition coefficient (Wildman–Crippen LogP) is 3.51. The molecular formula is C14H15ClN2. The average molecular weight is 247 g/mol. The Labute approximate surface area is 106 Å². The van der Waals surface area contributed by atoms with Crippen LogP contribution in [0.3, 0.4) is 0 Å². The summed E-state index contributed by atoms with van der Waals surface area (Å²) in [5.74, 6) is 0. The number of fused-ring (bicyclic) bond motifs is 1. The lowest BCUT2D eigenvalue weighted by atomic mass is 10.1. The molecule has 2 aromatic rings. The summed E-state index contributed by atoms with van der Waals surface area (Å²) in [5.41, 5.74) is 2.03. The van der Waals surface area contributed by atoms with Crippen molar-refractivity contribution in [3.63, 3.8) is 0 Å². The van der Waals surface area contributed by atoms with E-state index in [0.29, 0.717) is 6.04 Å². The van der Waals surface area contributed by atoms with Crippen molar-refractivity contribution in [1.82, 2.24) is 10.3 Å². The van der Waals surface area contributed by atoms with E-state index in [0.717, 1.165) is 21.5 Å². The van der Waals surface area contributed by atoms with E-state index in [9.17, 15) is 0 Å². The fraction of sp³-hybridized carbons (Fsp3) is 0.214. The van der Waals surface area contributed by atoms with Crippen molar-refractivity contribution in [3.8, 4) is 0 Å². The van der Waals surface area contributed by atoms with E-state index in [1.54, 1.807) is 6.20 Å². The third-order valence-electron chi connectivity index (χ3n) is 2.77. The molecule has 2 rings (SSSR count). The maximum atomic E-state index is 6.14. The number of hydrogen-bond donors (Lipinski definition) is 1. The molecule has 0 bridgehead atoms. The first-order valence-corrected chi connectivity index (χ1v) is 5.99. The molecule has 1 heterocycles. The van der Waals surface area contributed by atoms with Crippen molar-refractivity contribution in [2.24, 2.45) is 0 Å². The van der Waals surface area contributed by atoms with Gasteiger partial charge in [0, 0.05) is 23.2 Å². The first-order valence-electron chi connectivity index (χ1n) is 5.61. The Morgan fingerprint density at radius 1 is 1.35 bits per heavy atom. The molecule has 3 heteroatoms. The Kier molecular flexibility index (Phi) is 3.77. The highest BCUT2D eigenvalue weighted by Crippen LogP contribution is 2.25. The van der Waals surface area contributed by atoms with Gasteiger partial charge in [0.2, 0.25) is 0 Å². The Morgan fingerprint density at radius 2 is 2.18 bits per heavy atom. The van der Waals surface area contributed by atoms with Gasteiger partial charge in [-0.25, -0.2) is 0 Å². The molecule has 1 aromatic carbocycles. The van der Waals surface area contributed by atoms with E-state index in [1.165, 1.54) is 0 Å². The molecule has 0 amide bonds. The van der Waals surface area contributed by atoms with Gasteiger partial charge >= 0.3 is 0 Å². The average Bonchev–Trinajstić information content (AvgIpc) is 2.38. The Hall–Kier alpha value is -1.38. The highest BCUT2D eigenvalue weighted by atomic mass is 35.5. The molecule has 0 fully saturated rings. The number of nitrogens with one attached hydrogen (secondary N) is 1. The highest BCUT2D eigenvalue weighted by molar-refractivity contribution is 6.35. The minimum Gasteiger partial charge on any atom is -0.314 e. The molecule has 1 aromatic heterocycles. The van der Waals surface area contributed by atoms with E-state index < -0.39 is 0 Å². The van der Waals surface area contributed by atoms with Crippen LogP contribution in [-0.2, 0) is 0 Å². The molecule has 2 nitrogen and oxygen atoms in total. The van der Waals surface area contributed by atoms with Gasteiger partial charge in [-0.15, -0.1) is 0 Å². The van der Waals surface area contributed by atoms with Gasteiger partial charge in [-0.2, -0.15) is 0 Å². The number of aromatic nitrogens is 1. The fourth-order valence-corrected chi connectivity index (χ4v) is 1.85. The molecule has 0 aliphatic heterocycles. The zero-order chi connectivity index (χ0) is 12.3. The number of halogens is 1. The summed E-state index contributed by atoms with van der Waals surface area (Å²) in [6.45, 7) is 2.10. The standard InChI is InChI=1S/C14H15ClN2/c1-10(16-2)5-6-11-7-8-13(15)12-4-3-9-17-14(11)12/h3-10,16H,1-2H3/b6-5+. The topological polar surface area (TPSA) is 24.9 Å². The molecule has 17 heavy (non-hydrogen) atoms. The van der Waals surface area contributed by atoms with E-state index in [4.69, 9.17) is 11.6 Å². The minimum atomic E-state index is 0.337. The summed E-state index contributed by atoms with van der Waals surface area (Å²) in [5, 5.41) is 4.90. The van der Waals surface area contributed by atoms with Crippen molar-refractivity contribution in [3.05, 3.63) is 47.1 Å². The van der Waals surface area contributed by atoms with Crippen LogP contribution in [0.15, 0.2) is 36.5 Å². The van der Waals surface area contributed by atoms with Crippen molar-refractivity contribution >= 4 is 28.6 Å². The summed E-state index contributed by atoms with van der Waals surface area (Å²) >= 11 is 6.14. The monoisotopic (exact) mass is 246 g/mol. The van der Waals surface area contributed by atoms with E-state index in [1.807, 2.05) is 31.3 Å². The maximum Gasteiger partial charge on any atom is 0.0789 e. The van der Waals surface area contributed by atoms with Gasteiger partial charge in [0.25, 0.3) is 0 Å². The van der Waals surface area contributed by atoms with Crippen LogP contribution in [0.4, 0.5) is 0 Å². The molecule has 0 saturated carbocycles. The molecule has 0 aliphatic carbocycles. The van der Waals surface area contributed by atoms with Crippen LogP contribution in [0.25, 0.3) is 17.0 Å². The smallest absolute Gasteiger partial charge is 0.0789 e. The van der Waals surface area contributed by atoms with Crippen LogP contribution in [-0.4, -0.2) is 18.1 Å². The maximum absolute atomic E-state index is 6.14. The van der Waals surface area contributed by atoms with Crippen LogP contribution in [0.1, 0.15) is 12.5 Å². The predicted molar refractivity (Wildman–Crippen MR) is 74.3 cm³/mol. The van der Waals surface area contributed by atoms with E-state index in [2.05, 4.69) is 29.4 Å². The second kappa shape index (κ2) is 5.30. The van der Waals surface area contributed by atoms with Gasteiger partial charge in [0.05, 0.1) is 10.5 Å². The zero-order valence-corrected chi connectivity index (χ0v) is 10.7. The van der Waals surface area contributed by atoms with Gasteiger partial charge in [0.1, 0.15) is 0 Å². The largest absolute Gasteiger partial charge is 0.314 e. The number of benzene rings is 1. The zero-order valence-electron chi connectivity index (χ0n) is 9.94. The first kappa shape index (κ1) is 12.1. The number of nitrogens with zero attached hydrogens (tertiary/aromatic N) is 1. The fourth-order valence-electron chi connectivity index (χ4n) is 1.64. The van der Waals surface area contributed by atoms with Gasteiger partial charge in [-0.05, 0) is 32.2 Å². The lowest BCUT2D eigenvalue weighted by Crippen LogP contribution is -2.17. The van der Waals surface area contributed by atoms with Crippen molar-refractivity contribution in [1.29, 1.82) is 0 Å². The normalized spacial score (nSPS) is 13.4. The third kappa shape index (κ3) is 2.65. The van der Waals surface area contributed by atoms with E-state index in [-0.39, 0.29) is 0 Å². The van der Waals surface area contributed by atoms with Gasteiger partial charge < -0.3 is 5.32 Å². The third-order valence-corrected chi connectivity index (χ3v) is 3.10. The Morgan fingerprint density at radius 3 is 2.94 bits per heavy atom. The Balaban J connectivity index is 2.48. The number of likely N-dealkylation sites (N-methyl/N-ethyl adjacent to an activating group) is 1. The summed E-state index contributed by atoms with van der Waals surface area (Å²) in [7, 11) is 1.94. The number of rotatable bonds is 3. The van der Waals surface area contributed by atoms with Gasteiger partial charge in [-0.1, -0.05) is 29.8 Å². The van der Waals surface area contributed by atoms with Crippen LogP contribution >= 0.6 is 11.6 Å². The molecule has 1 N–H and O–H groups in total. The molecule has 1 unspecified atom stereocenters. The first-order chi connectivity index (χ1) is 8.22. The van der Waals surface area contributed by atoms with Crippen LogP contribution in [0, 0.1) is 0 Å². The second-order valence-electron chi connectivity index (χ2n) is 3.97. The quantitative estimate of drug-likeness (QED) is 0.897. The Bertz CT molecular complexity index is 549. The number of hydrogen-bond acceptors (Lipinski definition) is 2. The summed E-state index contributed by atoms with van der Waals surface area (Å²) < 4.78 is 0. The van der Waals surface area contributed by atoms with E-state index >= 15 is 0 Å². The molecule has 0 saturated heterocycles. The lowest BCUT2D eigenvalue weighted by molar-refractivity contribution is 0.731. The molecule has 1 atom stereocenters. The molecule has 0 aliphatic rings. The van der Waals surface area contributed by atoms with Crippen molar-refractivity contribution < 1.29 is 0 Å². The SMILES string of the molecule is CNC(C)/C=C/c1ccc(Cl)c2cccnc12. The lowest BCUT2D eigenvalue weighted by Gasteiger charge is -2.05. The van der Waals surface area contributed by atoms with Crippen molar-refractivity contribution in [2.45, 2.75) is 13.0 Å². The van der Waals surface area contributed by atoms with Gasteiger partial charge in [0.15, 0.2) is 0 Å². The van der Waals surface area contributed by atoms with Crippen LogP contribution < -0.4 is 5.32 Å². The molecular weight excluding hydrogens is 232 g/mol.